The van der Waals surface area contributed by atoms with Crippen LogP contribution < -0.4 is 5.73 Å². The molecule has 2 unspecified atom stereocenters. The van der Waals surface area contributed by atoms with Gasteiger partial charge in [0.15, 0.2) is 0 Å². The van der Waals surface area contributed by atoms with Gasteiger partial charge >= 0.3 is 6.16 Å². The summed E-state index contributed by atoms with van der Waals surface area (Å²) in [5.41, 5.74) is 5.60. The van der Waals surface area contributed by atoms with E-state index < -0.39 is 6.16 Å². The SMILES string of the molecule is NC1CC2OC(=O)OC2C1. The second-order valence-electron chi connectivity index (χ2n) is 2.79. The Morgan fingerprint density at radius 1 is 1.30 bits per heavy atom. The molecule has 0 aromatic carbocycles. The lowest BCUT2D eigenvalue weighted by Crippen LogP contribution is -2.18. The van der Waals surface area contributed by atoms with Gasteiger partial charge in [-0.05, 0) is 0 Å². The lowest BCUT2D eigenvalue weighted by atomic mass is 10.3. The fraction of sp³-hybridized carbons (Fsp3) is 0.833. The summed E-state index contributed by atoms with van der Waals surface area (Å²) < 4.78 is 9.63. The zero-order valence-corrected chi connectivity index (χ0v) is 5.45. The number of fused-ring (bicyclic) bond motifs is 1. The standard InChI is InChI=1S/C6H9NO3/c7-3-1-4-5(2-3)10-6(8)9-4/h3-5H,1-2,7H2. The summed E-state index contributed by atoms with van der Waals surface area (Å²) in [5.74, 6) is 0. The van der Waals surface area contributed by atoms with Crippen LogP contribution in [0.25, 0.3) is 0 Å². The van der Waals surface area contributed by atoms with Gasteiger partial charge in [0.2, 0.25) is 0 Å². The van der Waals surface area contributed by atoms with Gasteiger partial charge in [-0.2, -0.15) is 0 Å². The lowest BCUT2D eigenvalue weighted by Gasteiger charge is -2.00. The molecule has 1 saturated carbocycles. The minimum atomic E-state index is -0.540. The molecule has 4 nitrogen and oxygen atoms in total. The van der Waals surface area contributed by atoms with E-state index in [9.17, 15) is 4.79 Å². The van der Waals surface area contributed by atoms with Crippen LogP contribution in [0.15, 0.2) is 0 Å². The molecule has 1 aliphatic carbocycles. The maximum Gasteiger partial charge on any atom is 0.509 e. The maximum absolute atomic E-state index is 10.5. The maximum atomic E-state index is 10.5. The number of carbonyl (C=O) groups is 1. The molecule has 0 spiro atoms. The highest BCUT2D eigenvalue weighted by Crippen LogP contribution is 2.29. The number of hydrogen-bond acceptors (Lipinski definition) is 4. The van der Waals surface area contributed by atoms with Crippen LogP contribution in [0, 0.1) is 0 Å². The highest BCUT2D eigenvalue weighted by Gasteiger charge is 2.43. The van der Waals surface area contributed by atoms with Crippen molar-refractivity contribution < 1.29 is 14.3 Å². The molecule has 2 atom stereocenters. The zero-order valence-electron chi connectivity index (χ0n) is 5.45. The first-order valence-electron chi connectivity index (χ1n) is 3.38. The van der Waals surface area contributed by atoms with Crippen LogP contribution >= 0.6 is 0 Å². The minimum Gasteiger partial charge on any atom is -0.427 e. The minimum absolute atomic E-state index is 0.0671. The Bertz CT molecular complexity index is 154. The van der Waals surface area contributed by atoms with E-state index in [1.54, 1.807) is 0 Å². The molecule has 2 rings (SSSR count). The van der Waals surface area contributed by atoms with Crippen molar-refractivity contribution in [2.45, 2.75) is 31.1 Å². The first kappa shape index (κ1) is 5.97. The van der Waals surface area contributed by atoms with Crippen molar-refractivity contribution in [3.05, 3.63) is 0 Å². The van der Waals surface area contributed by atoms with E-state index in [0.29, 0.717) is 0 Å². The van der Waals surface area contributed by atoms with Crippen LogP contribution in [0.5, 0.6) is 0 Å². The van der Waals surface area contributed by atoms with Gasteiger partial charge in [0.05, 0.1) is 0 Å². The van der Waals surface area contributed by atoms with E-state index in [2.05, 4.69) is 0 Å². The number of nitrogens with two attached hydrogens (primary N) is 1. The van der Waals surface area contributed by atoms with Gasteiger partial charge in [0.1, 0.15) is 12.2 Å². The van der Waals surface area contributed by atoms with E-state index in [1.165, 1.54) is 0 Å². The summed E-state index contributed by atoms with van der Waals surface area (Å²) in [6.45, 7) is 0. The molecular weight excluding hydrogens is 134 g/mol. The van der Waals surface area contributed by atoms with Crippen molar-refractivity contribution in [3.63, 3.8) is 0 Å². The quantitative estimate of drug-likeness (QED) is 0.485. The summed E-state index contributed by atoms with van der Waals surface area (Å²) in [7, 11) is 0. The summed E-state index contributed by atoms with van der Waals surface area (Å²) in [6, 6.07) is 0.142. The molecule has 2 fully saturated rings. The highest BCUT2D eigenvalue weighted by atomic mass is 16.8. The molecule has 1 aliphatic heterocycles. The third-order valence-corrected chi connectivity index (χ3v) is 1.98. The molecule has 2 aliphatic rings. The van der Waals surface area contributed by atoms with E-state index in [0.717, 1.165) is 12.8 Å². The lowest BCUT2D eigenvalue weighted by molar-refractivity contribution is 0.108. The Morgan fingerprint density at radius 3 is 2.30 bits per heavy atom. The first-order chi connectivity index (χ1) is 4.75. The molecular formula is C6H9NO3. The van der Waals surface area contributed by atoms with Gasteiger partial charge in [0, 0.05) is 18.9 Å². The summed E-state index contributed by atoms with van der Waals surface area (Å²) in [6.07, 6.45) is 0.819. The molecule has 10 heavy (non-hydrogen) atoms. The van der Waals surface area contributed by atoms with Crippen LogP contribution in [0.2, 0.25) is 0 Å². The van der Waals surface area contributed by atoms with Gasteiger partial charge in [-0.15, -0.1) is 0 Å². The molecule has 0 aromatic heterocycles. The van der Waals surface area contributed by atoms with E-state index in [-0.39, 0.29) is 18.2 Å². The molecule has 2 N–H and O–H groups in total. The third kappa shape index (κ3) is 0.759. The first-order valence-corrected chi connectivity index (χ1v) is 3.38. The summed E-state index contributed by atoms with van der Waals surface area (Å²) in [5, 5.41) is 0. The van der Waals surface area contributed by atoms with Crippen molar-refractivity contribution in [1.82, 2.24) is 0 Å². The van der Waals surface area contributed by atoms with Crippen LogP contribution in [0.3, 0.4) is 0 Å². The van der Waals surface area contributed by atoms with E-state index in [1.807, 2.05) is 0 Å². The molecule has 0 amide bonds. The molecule has 0 radical (unpaired) electrons. The van der Waals surface area contributed by atoms with Crippen LogP contribution in [-0.4, -0.2) is 24.4 Å². The van der Waals surface area contributed by atoms with Crippen LogP contribution in [0.1, 0.15) is 12.8 Å². The van der Waals surface area contributed by atoms with Crippen molar-refractivity contribution in [2.75, 3.05) is 0 Å². The van der Waals surface area contributed by atoms with Gasteiger partial charge < -0.3 is 15.2 Å². The van der Waals surface area contributed by atoms with E-state index >= 15 is 0 Å². The van der Waals surface area contributed by atoms with Gasteiger partial charge in [-0.25, -0.2) is 4.79 Å². The predicted octanol–water partition coefficient (Wildman–Crippen LogP) is 0.0115. The van der Waals surface area contributed by atoms with Crippen molar-refractivity contribution in [2.24, 2.45) is 5.73 Å². The van der Waals surface area contributed by atoms with Crippen molar-refractivity contribution in [1.29, 1.82) is 0 Å². The fourth-order valence-corrected chi connectivity index (χ4v) is 1.52. The second kappa shape index (κ2) is 1.85. The van der Waals surface area contributed by atoms with Crippen molar-refractivity contribution in [3.8, 4) is 0 Å². The van der Waals surface area contributed by atoms with Gasteiger partial charge in [0.25, 0.3) is 0 Å². The average molecular weight is 143 g/mol. The van der Waals surface area contributed by atoms with Crippen LogP contribution in [0.4, 0.5) is 4.79 Å². The Kier molecular flexibility index (Phi) is 1.11. The summed E-state index contributed by atoms with van der Waals surface area (Å²) >= 11 is 0. The fourth-order valence-electron chi connectivity index (χ4n) is 1.52. The highest BCUT2D eigenvalue weighted by molar-refractivity contribution is 5.62. The smallest absolute Gasteiger partial charge is 0.427 e. The van der Waals surface area contributed by atoms with Gasteiger partial charge in [-0.3, -0.25) is 0 Å². The topological polar surface area (TPSA) is 61.5 Å². The van der Waals surface area contributed by atoms with Crippen molar-refractivity contribution >= 4 is 6.16 Å². The Morgan fingerprint density at radius 2 is 1.80 bits per heavy atom. The number of ether oxygens (including phenoxy) is 2. The molecule has 56 valence electrons. The zero-order chi connectivity index (χ0) is 7.14. The third-order valence-electron chi connectivity index (χ3n) is 1.98. The predicted molar refractivity (Wildman–Crippen MR) is 32.4 cm³/mol. The molecule has 0 bridgehead atoms. The Hall–Kier alpha value is -0.770. The number of carbonyl (C=O) groups excluding carboxylic acids is 1. The van der Waals surface area contributed by atoms with Gasteiger partial charge in [-0.1, -0.05) is 0 Å². The average Bonchev–Trinajstić information content (AvgIpc) is 2.21. The Labute approximate surface area is 58.3 Å². The number of hydrogen-bond donors (Lipinski definition) is 1. The van der Waals surface area contributed by atoms with E-state index in [4.69, 9.17) is 15.2 Å². The monoisotopic (exact) mass is 143 g/mol. The normalized spacial score (nSPS) is 44.5. The molecule has 1 saturated heterocycles. The van der Waals surface area contributed by atoms with Crippen LogP contribution in [-0.2, 0) is 9.47 Å². The largest absolute Gasteiger partial charge is 0.509 e. The molecule has 4 heteroatoms. The number of rotatable bonds is 0. The molecule has 1 heterocycles. The Balaban J connectivity index is 2.06. The summed E-state index contributed by atoms with van der Waals surface area (Å²) in [4.78, 5) is 10.5. The second-order valence-corrected chi connectivity index (χ2v) is 2.79. The molecule has 0 aromatic rings.